The van der Waals surface area contributed by atoms with Gasteiger partial charge >= 0.3 is 0 Å². The first kappa shape index (κ1) is 8.22. The monoisotopic (exact) mass is 194 g/mol. The minimum absolute atomic E-state index is 0.198. The van der Waals surface area contributed by atoms with Crippen LogP contribution in [0.3, 0.4) is 0 Å². The van der Waals surface area contributed by atoms with Crippen LogP contribution >= 0.6 is 12.2 Å². The largest absolute Gasteiger partial charge is 0.293 e. The highest BCUT2D eigenvalue weighted by molar-refractivity contribution is 7.80. The molecule has 0 amide bonds. The molecule has 0 unspecified atom stereocenters. The third-order valence-corrected chi connectivity index (χ3v) is 4.95. The van der Waals surface area contributed by atoms with Gasteiger partial charge in [0.1, 0.15) is 4.99 Å². The Balaban J connectivity index is 1.95. The minimum Gasteiger partial charge on any atom is -0.293 e. The predicted octanol–water partition coefficient (Wildman–Crippen LogP) is 2.81. The van der Waals surface area contributed by atoms with E-state index in [0.29, 0.717) is 4.99 Å². The van der Waals surface area contributed by atoms with Crippen LogP contribution in [0, 0.1) is 23.2 Å². The van der Waals surface area contributed by atoms with Crippen LogP contribution in [0.2, 0.25) is 0 Å². The van der Waals surface area contributed by atoms with Crippen molar-refractivity contribution in [3.63, 3.8) is 0 Å². The zero-order valence-corrected chi connectivity index (χ0v) is 8.70. The molecule has 0 aliphatic heterocycles. The molecule has 0 spiro atoms. The summed E-state index contributed by atoms with van der Waals surface area (Å²) in [5, 5.41) is 0. The number of hydrogen-bond donors (Lipinski definition) is 0. The second kappa shape index (κ2) is 2.47. The smallest absolute Gasteiger partial charge is 0.100 e. The van der Waals surface area contributed by atoms with Gasteiger partial charge in [0, 0.05) is 5.41 Å². The molecule has 0 heterocycles. The highest BCUT2D eigenvalue weighted by Crippen LogP contribution is 2.60. The van der Waals surface area contributed by atoms with E-state index in [0.717, 1.165) is 17.8 Å². The summed E-state index contributed by atoms with van der Waals surface area (Å²) in [5.74, 6) is 2.78. The van der Waals surface area contributed by atoms with Crippen molar-refractivity contribution in [3.8, 4) is 0 Å². The minimum atomic E-state index is 0.198. The lowest BCUT2D eigenvalue weighted by Crippen LogP contribution is -2.49. The van der Waals surface area contributed by atoms with E-state index in [1.807, 2.05) is 0 Å². The third kappa shape index (κ3) is 1.08. The van der Waals surface area contributed by atoms with E-state index in [9.17, 15) is 0 Å². The average molecular weight is 194 g/mol. The highest BCUT2D eigenvalue weighted by Gasteiger charge is 2.52. The van der Waals surface area contributed by atoms with Crippen LogP contribution in [0.15, 0.2) is 0 Å². The van der Waals surface area contributed by atoms with Gasteiger partial charge in [0.05, 0.1) is 0 Å². The molecule has 0 aromatic heterocycles. The fraction of sp³-hybridized carbons (Fsp3) is 0.909. The first-order valence-electron chi connectivity index (χ1n) is 5.44. The number of hydrogen-bond acceptors (Lipinski definition) is 1. The van der Waals surface area contributed by atoms with Gasteiger partial charge in [0.25, 0.3) is 0 Å². The van der Waals surface area contributed by atoms with Gasteiger partial charge in [-0.2, -0.15) is 0 Å². The van der Waals surface area contributed by atoms with Crippen LogP contribution in [0.5, 0.6) is 0 Å². The van der Waals surface area contributed by atoms with Gasteiger partial charge < -0.3 is 0 Å². The van der Waals surface area contributed by atoms with Crippen LogP contribution in [0.25, 0.3) is 0 Å². The average Bonchev–Trinajstić information content (AvgIpc) is 2.00. The molecule has 4 aliphatic carbocycles. The van der Waals surface area contributed by atoms with Gasteiger partial charge in [-0.3, -0.25) is 5.73 Å². The predicted molar refractivity (Wildman–Crippen MR) is 56.3 cm³/mol. The Morgan fingerprint density at radius 1 is 1.00 bits per heavy atom. The van der Waals surface area contributed by atoms with Crippen molar-refractivity contribution in [2.75, 3.05) is 0 Å². The van der Waals surface area contributed by atoms with Crippen molar-refractivity contribution in [2.24, 2.45) is 23.2 Å². The summed E-state index contributed by atoms with van der Waals surface area (Å²) < 4.78 is 0. The summed E-state index contributed by atoms with van der Waals surface area (Å²) in [4.78, 5) is 0.576. The third-order valence-electron chi connectivity index (χ3n) is 4.52. The normalized spacial score (nSPS) is 52.5. The van der Waals surface area contributed by atoms with E-state index in [4.69, 9.17) is 18.0 Å². The Bertz CT molecular complexity index is 224. The number of thiocarbonyl (C=S) groups is 1. The molecule has 1 N–H and O–H groups in total. The molecule has 0 atom stereocenters. The first-order chi connectivity index (χ1) is 6.18. The van der Waals surface area contributed by atoms with Crippen molar-refractivity contribution in [1.29, 1.82) is 0 Å². The Morgan fingerprint density at radius 2 is 1.38 bits per heavy atom. The molecule has 4 fully saturated rings. The van der Waals surface area contributed by atoms with Crippen LogP contribution in [0.1, 0.15) is 38.5 Å². The Morgan fingerprint density at radius 3 is 1.69 bits per heavy atom. The lowest BCUT2D eigenvalue weighted by molar-refractivity contribution is -0.0118. The standard InChI is InChI=1S/C11H16NS/c12-10(13)11-4-7-1-8(5-11)3-9(2-7)6-11/h7-9,12H,1-6H2. The summed E-state index contributed by atoms with van der Waals surface area (Å²) in [6.45, 7) is 0. The molecule has 4 saturated carbocycles. The summed E-state index contributed by atoms with van der Waals surface area (Å²) in [6, 6.07) is 0. The summed E-state index contributed by atoms with van der Waals surface area (Å²) >= 11 is 5.15. The summed E-state index contributed by atoms with van der Waals surface area (Å²) in [6.07, 6.45) is 8.09. The first-order valence-corrected chi connectivity index (χ1v) is 5.85. The van der Waals surface area contributed by atoms with Gasteiger partial charge in [-0.15, -0.1) is 0 Å². The van der Waals surface area contributed by atoms with Gasteiger partial charge in [-0.25, -0.2) is 0 Å². The van der Waals surface area contributed by atoms with Crippen molar-refractivity contribution in [1.82, 2.24) is 5.73 Å². The molecular weight excluding hydrogens is 178 g/mol. The van der Waals surface area contributed by atoms with Gasteiger partial charge in [-0.1, -0.05) is 12.2 Å². The van der Waals surface area contributed by atoms with Crippen molar-refractivity contribution in [2.45, 2.75) is 38.5 Å². The topological polar surface area (TPSA) is 23.8 Å². The van der Waals surface area contributed by atoms with E-state index in [-0.39, 0.29) is 5.41 Å². The number of rotatable bonds is 1. The van der Waals surface area contributed by atoms with E-state index in [1.165, 1.54) is 38.5 Å². The lowest BCUT2D eigenvalue weighted by atomic mass is 9.49. The van der Waals surface area contributed by atoms with Crippen LogP contribution in [-0.2, 0) is 0 Å². The molecule has 71 valence electrons. The zero-order chi connectivity index (χ0) is 9.05. The molecular formula is C11H16NS. The molecule has 0 aromatic rings. The second-order valence-corrected chi connectivity index (χ2v) is 5.94. The van der Waals surface area contributed by atoms with Crippen LogP contribution < -0.4 is 5.73 Å². The SMILES string of the molecule is [NH]C(=S)C12CC3CC(CC(C3)C1)C2. The molecule has 0 saturated heterocycles. The fourth-order valence-corrected chi connectivity index (χ4v) is 4.64. The second-order valence-electron chi connectivity index (χ2n) is 5.53. The molecule has 2 heteroatoms. The fourth-order valence-electron chi connectivity index (χ4n) is 4.39. The van der Waals surface area contributed by atoms with E-state index < -0.39 is 0 Å². The van der Waals surface area contributed by atoms with Crippen LogP contribution in [-0.4, -0.2) is 4.99 Å². The molecule has 13 heavy (non-hydrogen) atoms. The highest BCUT2D eigenvalue weighted by atomic mass is 32.1. The molecule has 1 nitrogen and oxygen atoms in total. The molecule has 0 aromatic carbocycles. The summed E-state index contributed by atoms with van der Waals surface area (Å²) in [7, 11) is 0. The maximum atomic E-state index is 7.79. The molecule has 4 bridgehead atoms. The lowest BCUT2D eigenvalue weighted by Gasteiger charge is -2.56. The quantitative estimate of drug-likeness (QED) is 0.589. The number of nitrogens with one attached hydrogen (secondary N) is 1. The van der Waals surface area contributed by atoms with Crippen LogP contribution in [0.4, 0.5) is 0 Å². The van der Waals surface area contributed by atoms with E-state index in [2.05, 4.69) is 0 Å². The van der Waals surface area contributed by atoms with Gasteiger partial charge in [0.2, 0.25) is 0 Å². The Labute approximate surface area is 85.1 Å². The molecule has 4 rings (SSSR count). The molecule has 4 aliphatic rings. The van der Waals surface area contributed by atoms with Crippen molar-refractivity contribution >= 4 is 17.2 Å². The Kier molecular flexibility index (Phi) is 1.56. The Hall–Kier alpha value is -0.110. The van der Waals surface area contributed by atoms with Crippen molar-refractivity contribution < 1.29 is 0 Å². The maximum Gasteiger partial charge on any atom is 0.100 e. The van der Waals surface area contributed by atoms with Crippen molar-refractivity contribution in [3.05, 3.63) is 0 Å². The molecule has 1 radical (unpaired) electrons. The van der Waals surface area contributed by atoms with Gasteiger partial charge in [-0.05, 0) is 56.3 Å². The maximum absolute atomic E-state index is 7.79. The summed E-state index contributed by atoms with van der Waals surface area (Å²) in [5.41, 5.74) is 7.98. The van der Waals surface area contributed by atoms with E-state index >= 15 is 0 Å². The van der Waals surface area contributed by atoms with E-state index in [1.54, 1.807) is 0 Å². The zero-order valence-electron chi connectivity index (χ0n) is 7.88. The van der Waals surface area contributed by atoms with Gasteiger partial charge in [0.15, 0.2) is 0 Å².